The third-order valence-corrected chi connectivity index (χ3v) is 2.92. The van der Waals surface area contributed by atoms with Gasteiger partial charge in [0.25, 0.3) is 0 Å². The summed E-state index contributed by atoms with van der Waals surface area (Å²) in [5, 5.41) is 18.4. The van der Waals surface area contributed by atoms with Gasteiger partial charge in [0, 0.05) is 5.02 Å². The van der Waals surface area contributed by atoms with Gasteiger partial charge in [-0.25, -0.2) is 13.9 Å². The predicted molar refractivity (Wildman–Crippen MR) is 71.8 cm³/mol. The molecule has 2 rings (SSSR count). The summed E-state index contributed by atoms with van der Waals surface area (Å²) in [5.74, 6) is -2.47. The van der Waals surface area contributed by atoms with Crippen LogP contribution in [0.1, 0.15) is 16.2 Å². The highest BCUT2D eigenvalue weighted by atomic mass is 35.5. The Morgan fingerprint density at radius 1 is 1.48 bits per heavy atom. The van der Waals surface area contributed by atoms with Gasteiger partial charge in [-0.3, -0.25) is 4.79 Å². The van der Waals surface area contributed by atoms with Crippen molar-refractivity contribution in [1.29, 1.82) is 0 Å². The maximum atomic E-state index is 13.5. The Balaban J connectivity index is 2.10. The summed E-state index contributed by atoms with van der Waals surface area (Å²) in [6.45, 7) is 1.19. The van der Waals surface area contributed by atoms with Crippen LogP contribution in [0, 0.1) is 12.7 Å². The molecule has 110 valence electrons. The Kier molecular flexibility index (Phi) is 4.18. The fourth-order valence-electron chi connectivity index (χ4n) is 1.62. The third-order valence-electron chi connectivity index (χ3n) is 2.68. The number of amides is 1. The van der Waals surface area contributed by atoms with Gasteiger partial charge in [-0.15, -0.1) is 5.10 Å². The molecule has 0 atom stereocenters. The van der Waals surface area contributed by atoms with Crippen LogP contribution in [0.5, 0.6) is 0 Å². The zero-order chi connectivity index (χ0) is 15.6. The van der Waals surface area contributed by atoms with E-state index in [2.05, 4.69) is 15.6 Å². The maximum absolute atomic E-state index is 13.5. The lowest BCUT2D eigenvalue weighted by Crippen LogP contribution is -2.21. The molecule has 9 heteroatoms. The van der Waals surface area contributed by atoms with E-state index in [9.17, 15) is 14.0 Å². The molecule has 7 nitrogen and oxygen atoms in total. The van der Waals surface area contributed by atoms with E-state index in [1.807, 2.05) is 0 Å². The molecule has 0 fully saturated rings. The number of halogens is 2. The summed E-state index contributed by atoms with van der Waals surface area (Å²) in [7, 11) is 0. The average molecular weight is 313 g/mol. The smallest absolute Gasteiger partial charge is 0.358 e. The van der Waals surface area contributed by atoms with Crippen LogP contribution >= 0.6 is 11.6 Å². The van der Waals surface area contributed by atoms with Gasteiger partial charge < -0.3 is 10.4 Å². The van der Waals surface area contributed by atoms with Gasteiger partial charge in [-0.1, -0.05) is 16.8 Å². The number of carbonyl (C=O) groups excluding carboxylic acids is 1. The second-order valence-corrected chi connectivity index (χ2v) is 4.60. The highest BCUT2D eigenvalue weighted by Crippen LogP contribution is 2.18. The van der Waals surface area contributed by atoms with Crippen molar-refractivity contribution in [3.8, 4) is 0 Å². The van der Waals surface area contributed by atoms with Gasteiger partial charge in [-0.2, -0.15) is 0 Å². The second kappa shape index (κ2) is 5.88. The van der Waals surface area contributed by atoms with Crippen molar-refractivity contribution in [1.82, 2.24) is 15.0 Å². The Hall–Kier alpha value is -2.48. The first-order valence-electron chi connectivity index (χ1n) is 5.76. The van der Waals surface area contributed by atoms with Gasteiger partial charge in [0.15, 0.2) is 5.69 Å². The molecule has 0 aliphatic carbocycles. The molecule has 0 radical (unpaired) electrons. The average Bonchev–Trinajstić information content (AvgIpc) is 2.74. The molecule has 0 bridgehead atoms. The topological polar surface area (TPSA) is 97.1 Å². The zero-order valence-electron chi connectivity index (χ0n) is 10.8. The molecule has 0 aliphatic rings. The number of carbonyl (C=O) groups is 2. The van der Waals surface area contributed by atoms with Crippen LogP contribution in [0.3, 0.4) is 0 Å². The Morgan fingerprint density at radius 2 is 2.19 bits per heavy atom. The number of carboxylic acids is 1. The maximum Gasteiger partial charge on any atom is 0.358 e. The highest BCUT2D eigenvalue weighted by Gasteiger charge is 2.17. The number of aromatic carboxylic acids is 1. The van der Waals surface area contributed by atoms with Crippen LogP contribution in [-0.4, -0.2) is 32.0 Å². The first-order chi connectivity index (χ1) is 9.88. The lowest BCUT2D eigenvalue weighted by atomic mass is 10.3. The lowest BCUT2D eigenvalue weighted by molar-refractivity contribution is -0.117. The van der Waals surface area contributed by atoms with E-state index in [0.717, 1.165) is 10.7 Å². The quantitative estimate of drug-likeness (QED) is 0.896. The van der Waals surface area contributed by atoms with Crippen molar-refractivity contribution in [3.63, 3.8) is 0 Å². The largest absolute Gasteiger partial charge is 0.476 e. The number of benzene rings is 1. The molecule has 0 unspecified atom stereocenters. The van der Waals surface area contributed by atoms with Crippen molar-refractivity contribution in [2.24, 2.45) is 0 Å². The summed E-state index contributed by atoms with van der Waals surface area (Å²) >= 11 is 5.61. The van der Waals surface area contributed by atoms with Crippen molar-refractivity contribution in [2.45, 2.75) is 13.5 Å². The van der Waals surface area contributed by atoms with Gasteiger partial charge in [-0.05, 0) is 25.1 Å². The molecule has 21 heavy (non-hydrogen) atoms. The summed E-state index contributed by atoms with van der Waals surface area (Å²) in [6.07, 6.45) is 0. The highest BCUT2D eigenvalue weighted by molar-refractivity contribution is 6.30. The molecule has 1 amide bonds. The first-order valence-corrected chi connectivity index (χ1v) is 6.14. The van der Waals surface area contributed by atoms with Gasteiger partial charge in [0.2, 0.25) is 5.91 Å². The molecular formula is C12H10ClFN4O3. The van der Waals surface area contributed by atoms with E-state index in [0.29, 0.717) is 0 Å². The fraction of sp³-hybridized carbons (Fsp3) is 0.167. The molecule has 0 aliphatic heterocycles. The number of hydrogen-bond donors (Lipinski definition) is 2. The number of rotatable bonds is 4. The van der Waals surface area contributed by atoms with Gasteiger partial charge in [0.05, 0.1) is 11.4 Å². The summed E-state index contributed by atoms with van der Waals surface area (Å²) in [4.78, 5) is 22.6. The van der Waals surface area contributed by atoms with E-state index < -0.39 is 17.7 Å². The van der Waals surface area contributed by atoms with Crippen LogP contribution in [-0.2, 0) is 11.3 Å². The fourth-order valence-corrected chi connectivity index (χ4v) is 1.78. The van der Waals surface area contributed by atoms with Crippen molar-refractivity contribution >= 4 is 29.2 Å². The zero-order valence-corrected chi connectivity index (χ0v) is 11.6. The summed E-state index contributed by atoms with van der Waals surface area (Å²) in [5.41, 5.74) is -0.0321. The Bertz CT molecular complexity index is 717. The van der Waals surface area contributed by atoms with Crippen LogP contribution in [0.15, 0.2) is 18.2 Å². The molecular weight excluding hydrogens is 303 g/mol. The van der Waals surface area contributed by atoms with Crippen LogP contribution in [0.25, 0.3) is 0 Å². The van der Waals surface area contributed by atoms with Gasteiger partial charge in [0.1, 0.15) is 12.4 Å². The SMILES string of the molecule is Cc1c(C(=O)O)nnn1CC(=O)Nc1ccc(Cl)cc1F. The van der Waals surface area contributed by atoms with Crippen molar-refractivity contribution < 1.29 is 19.1 Å². The minimum absolute atomic E-state index is 0.0272. The summed E-state index contributed by atoms with van der Waals surface area (Å²) in [6, 6.07) is 3.83. The Labute approximate surface area is 123 Å². The Morgan fingerprint density at radius 3 is 2.76 bits per heavy atom. The second-order valence-electron chi connectivity index (χ2n) is 4.16. The number of hydrogen-bond acceptors (Lipinski definition) is 4. The molecule has 0 saturated carbocycles. The first kappa shape index (κ1) is 14.9. The lowest BCUT2D eigenvalue weighted by Gasteiger charge is -2.07. The molecule has 2 aromatic rings. The van der Waals surface area contributed by atoms with E-state index >= 15 is 0 Å². The van der Waals surface area contributed by atoms with Crippen molar-refractivity contribution in [2.75, 3.05) is 5.32 Å². The number of anilines is 1. The van der Waals surface area contributed by atoms with E-state index in [-0.39, 0.29) is 28.6 Å². The minimum atomic E-state index is -1.23. The molecule has 2 N–H and O–H groups in total. The molecule has 1 heterocycles. The monoisotopic (exact) mass is 312 g/mol. The minimum Gasteiger partial charge on any atom is -0.476 e. The molecule has 1 aromatic heterocycles. The number of nitrogens with one attached hydrogen (secondary N) is 1. The summed E-state index contributed by atoms with van der Waals surface area (Å²) < 4.78 is 14.6. The molecule has 0 saturated heterocycles. The van der Waals surface area contributed by atoms with Crippen LogP contribution in [0.4, 0.5) is 10.1 Å². The van der Waals surface area contributed by atoms with Crippen LogP contribution in [0.2, 0.25) is 5.02 Å². The number of aromatic nitrogens is 3. The van der Waals surface area contributed by atoms with E-state index in [1.165, 1.54) is 19.1 Å². The third kappa shape index (κ3) is 3.34. The van der Waals surface area contributed by atoms with Crippen LogP contribution < -0.4 is 5.32 Å². The standard InChI is InChI=1S/C12H10ClFN4O3/c1-6-11(12(20)21)16-17-18(6)5-10(19)15-9-3-2-7(13)4-8(9)14/h2-4H,5H2,1H3,(H,15,19)(H,20,21). The van der Waals surface area contributed by atoms with Gasteiger partial charge >= 0.3 is 5.97 Å². The number of nitrogens with zero attached hydrogens (tertiary/aromatic N) is 3. The van der Waals surface area contributed by atoms with Crippen molar-refractivity contribution in [3.05, 3.63) is 40.4 Å². The molecule has 1 aromatic carbocycles. The van der Waals surface area contributed by atoms with E-state index in [1.54, 1.807) is 0 Å². The van der Waals surface area contributed by atoms with E-state index in [4.69, 9.17) is 16.7 Å². The number of carboxylic acid groups (broad SMARTS) is 1. The predicted octanol–water partition coefficient (Wildman–Crippen LogP) is 1.72. The normalized spacial score (nSPS) is 10.4. The molecule has 0 spiro atoms.